The van der Waals surface area contributed by atoms with Gasteiger partial charge in [-0.3, -0.25) is 0 Å². The lowest BCUT2D eigenvalue weighted by atomic mass is 9.95. The summed E-state index contributed by atoms with van der Waals surface area (Å²) in [6.07, 6.45) is -21.5. The number of ether oxygens (including phenoxy) is 8. The number of rotatable bonds is 10. The minimum absolute atomic E-state index is 0.0135. The van der Waals surface area contributed by atoms with Gasteiger partial charge in [-0.2, -0.15) is 0 Å². The van der Waals surface area contributed by atoms with E-state index >= 15 is 0 Å². The van der Waals surface area contributed by atoms with E-state index in [1.165, 1.54) is 6.08 Å². The summed E-state index contributed by atoms with van der Waals surface area (Å²) in [7, 11) is 0. The zero-order valence-electron chi connectivity index (χ0n) is 23.6. The third-order valence-electron chi connectivity index (χ3n) is 8.01. The van der Waals surface area contributed by atoms with Crippen LogP contribution in [0.1, 0.15) is 11.9 Å². The first-order valence-corrected chi connectivity index (χ1v) is 14.3. The van der Waals surface area contributed by atoms with Gasteiger partial charge in [-0.15, -0.1) is 6.58 Å². The second-order valence-corrected chi connectivity index (χ2v) is 10.9. The average molecular weight is 633 g/mol. The van der Waals surface area contributed by atoms with E-state index in [4.69, 9.17) is 37.9 Å². The molecule has 0 saturated carbocycles. The fourth-order valence-corrected chi connectivity index (χ4v) is 5.63. The Hall–Kier alpha value is -1.68. The quantitative estimate of drug-likeness (QED) is 0.116. The summed E-state index contributed by atoms with van der Waals surface area (Å²) in [6, 6.07) is 9.00. The van der Waals surface area contributed by atoms with Crippen LogP contribution >= 0.6 is 0 Å². The van der Waals surface area contributed by atoms with Crippen molar-refractivity contribution in [3.63, 3.8) is 0 Å². The van der Waals surface area contributed by atoms with Crippen LogP contribution in [0.15, 0.2) is 43.0 Å². The van der Waals surface area contributed by atoms with E-state index in [1.54, 1.807) is 24.3 Å². The van der Waals surface area contributed by atoms with Crippen LogP contribution in [0.4, 0.5) is 0 Å². The Morgan fingerprint density at radius 1 is 0.705 bits per heavy atom. The van der Waals surface area contributed by atoms with Gasteiger partial charge < -0.3 is 78.7 Å². The molecule has 4 heterocycles. The second kappa shape index (κ2) is 14.8. The lowest BCUT2D eigenvalue weighted by molar-refractivity contribution is -0.393. The van der Waals surface area contributed by atoms with Crippen LogP contribution in [0.2, 0.25) is 0 Å². The molecule has 0 unspecified atom stereocenters. The number of fused-ring (bicyclic) bond motifs is 1. The van der Waals surface area contributed by atoms with Crippen molar-refractivity contribution in [1.29, 1.82) is 0 Å². The Bertz CT molecular complexity index is 1040. The normalized spacial score (nSPS) is 46.3. The number of aliphatic hydroxyl groups is 8. The largest absolute Gasteiger partial charge is 0.394 e. The lowest BCUT2D eigenvalue weighted by Gasteiger charge is -2.49. The maximum Gasteiger partial charge on any atom is 0.187 e. The molecule has 16 atom stereocenters. The maximum atomic E-state index is 11.0. The summed E-state index contributed by atoms with van der Waals surface area (Å²) in [5.74, 6) is 0. The third kappa shape index (κ3) is 6.86. The highest BCUT2D eigenvalue weighted by molar-refractivity contribution is 5.16. The first-order chi connectivity index (χ1) is 21.2. The van der Waals surface area contributed by atoms with Gasteiger partial charge >= 0.3 is 0 Å². The predicted molar refractivity (Wildman–Crippen MR) is 142 cm³/mol. The molecule has 1 aromatic rings. The average Bonchev–Trinajstić information content (AvgIpc) is 3.04. The number of benzene rings is 1. The van der Waals surface area contributed by atoms with Crippen molar-refractivity contribution in [2.45, 2.75) is 98.4 Å². The van der Waals surface area contributed by atoms with Crippen LogP contribution in [0, 0.1) is 0 Å². The Labute approximate surface area is 252 Å². The highest BCUT2D eigenvalue weighted by atomic mass is 16.8. The predicted octanol–water partition coefficient (Wildman–Crippen LogP) is -3.60. The van der Waals surface area contributed by atoms with Crippen LogP contribution in [0.5, 0.6) is 0 Å². The zero-order chi connectivity index (χ0) is 31.5. The standard InChI is InChI=1S/C28H40O16/c1-2-8-37-26-19(34)16(31)22(13(9-29)39-26)43-27-20(35)17(32)23(14(10-30)40-27)44-28-21(36)18(33)24-15(41-28)11-38-25(42-24)12-6-4-3-5-7-12/h2-7,13-36H,1,8-11H2/t13-,14-,15-,16-,17-,18-,19-,20-,21-,22-,23-,24-,25-,26-,27+,28-/m1/s1. The molecule has 16 heteroatoms. The topological polar surface area (TPSA) is 236 Å². The zero-order valence-corrected chi connectivity index (χ0v) is 23.6. The summed E-state index contributed by atoms with van der Waals surface area (Å²) in [5, 5.41) is 84.5. The van der Waals surface area contributed by atoms with E-state index in [0.29, 0.717) is 5.56 Å². The van der Waals surface area contributed by atoms with E-state index in [-0.39, 0.29) is 13.2 Å². The van der Waals surface area contributed by atoms with E-state index in [0.717, 1.165) is 0 Å². The number of hydrogen-bond acceptors (Lipinski definition) is 16. The third-order valence-corrected chi connectivity index (χ3v) is 8.01. The first kappa shape index (κ1) is 33.7. The van der Waals surface area contributed by atoms with Crippen LogP contribution in [-0.4, -0.2) is 159 Å². The Morgan fingerprint density at radius 3 is 1.84 bits per heavy atom. The molecule has 0 amide bonds. The summed E-state index contributed by atoms with van der Waals surface area (Å²) in [5.41, 5.74) is 0.706. The maximum absolute atomic E-state index is 11.0. The van der Waals surface area contributed by atoms with E-state index in [9.17, 15) is 40.9 Å². The van der Waals surface area contributed by atoms with E-state index in [2.05, 4.69) is 6.58 Å². The molecule has 8 N–H and O–H groups in total. The molecule has 0 spiro atoms. The Morgan fingerprint density at radius 2 is 1.25 bits per heavy atom. The minimum Gasteiger partial charge on any atom is -0.394 e. The van der Waals surface area contributed by atoms with Gasteiger partial charge in [0.2, 0.25) is 0 Å². The molecule has 16 nitrogen and oxygen atoms in total. The van der Waals surface area contributed by atoms with Crippen molar-refractivity contribution in [1.82, 2.24) is 0 Å². The van der Waals surface area contributed by atoms with E-state index in [1.807, 2.05) is 6.07 Å². The first-order valence-electron chi connectivity index (χ1n) is 14.3. The second-order valence-electron chi connectivity index (χ2n) is 10.9. The fourth-order valence-electron chi connectivity index (χ4n) is 5.63. The number of aliphatic hydroxyl groups excluding tert-OH is 8. The van der Waals surface area contributed by atoms with Gasteiger partial charge in [-0.25, -0.2) is 0 Å². The van der Waals surface area contributed by atoms with Crippen molar-refractivity contribution < 1.29 is 78.7 Å². The molecule has 4 aliphatic heterocycles. The summed E-state index contributed by atoms with van der Waals surface area (Å²) in [4.78, 5) is 0. The molecule has 0 aromatic heterocycles. The van der Waals surface area contributed by atoms with Crippen molar-refractivity contribution in [2.75, 3.05) is 26.4 Å². The van der Waals surface area contributed by atoms with Crippen LogP contribution in [-0.2, 0) is 37.9 Å². The van der Waals surface area contributed by atoms with Gasteiger partial charge in [0.1, 0.15) is 73.2 Å². The van der Waals surface area contributed by atoms with Gasteiger partial charge in [0.15, 0.2) is 25.2 Å². The molecule has 0 bridgehead atoms. The highest BCUT2D eigenvalue weighted by Gasteiger charge is 2.54. The molecular weight excluding hydrogens is 592 g/mol. The van der Waals surface area contributed by atoms with Crippen molar-refractivity contribution in [3.05, 3.63) is 48.6 Å². The molecule has 5 rings (SSSR count). The summed E-state index contributed by atoms with van der Waals surface area (Å²) >= 11 is 0. The van der Waals surface area contributed by atoms with Crippen LogP contribution in [0.3, 0.4) is 0 Å². The summed E-state index contributed by atoms with van der Waals surface area (Å²) in [6.45, 7) is 2.01. The highest BCUT2D eigenvalue weighted by Crippen LogP contribution is 2.36. The lowest BCUT2D eigenvalue weighted by Crippen LogP contribution is -2.67. The van der Waals surface area contributed by atoms with E-state index < -0.39 is 112 Å². The Kier molecular flexibility index (Phi) is 11.3. The SMILES string of the molecule is C=CCO[C@@H]1O[C@H](CO)[C@@H](O[C@@H]2O[C@H](CO)[C@@H](O[C@H]3O[C@@H]4CO[C@@H](c5ccccc5)O[C@H]4[C@H](O)[C@H]3O)[C@H](O)[C@H]2O)[C@H](O)[C@H]1O. The molecule has 0 radical (unpaired) electrons. The molecule has 4 fully saturated rings. The van der Waals surface area contributed by atoms with Crippen LogP contribution in [0.25, 0.3) is 0 Å². The Balaban J connectivity index is 1.22. The van der Waals surface area contributed by atoms with Crippen molar-refractivity contribution in [3.8, 4) is 0 Å². The molecule has 248 valence electrons. The number of hydrogen-bond donors (Lipinski definition) is 8. The smallest absolute Gasteiger partial charge is 0.187 e. The van der Waals surface area contributed by atoms with Gasteiger partial charge in [0, 0.05) is 5.56 Å². The van der Waals surface area contributed by atoms with Gasteiger partial charge in [0.05, 0.1) is 26.4 Å². The van der Waals surface area contributed by atoms with Crippen molar-refractivity contribution in [2.24, 2.45) is 0 Å². The molecule has 44 heavy (non-hydrogen) atoms. The van der Waals surface area contributed by atoms with Crippen molar-refractivity contribution >= 4 is 0 Å². The molecule has 4 aliphatic rings. The van der Waals surface area contributed by atoms with Gasteiger partial charge in [-0.05, 0) is 0 Å². The van der Waals surface area contributed by atoms with Gasteiger partial charge in [0.25, 0.3) is 0 Å². The molecule has 0 aliphatic carbocycles. The van der Waals surface area contributed by atoms with Gasteiger partial charge in [-0.1, -0.05) is 36.4 Å². The molecule has 1 aromatic carbocycles. The minimum atomic E-state index is -1.85. The molecular formula is C28H40O16. The van der Waals surface area contributed by atoms with Crippen LogP contribution < -0.4 is 0 Å². The fraction of sp³-hybridized carbons (Fsp3) is 0.714. The summed E-state index contributed by atoms with van der Waals surface area (Å²) < 4.78 is 45.2. The monoisotopic (exact) mass is 632 g/mol. The molecule has 4 saturated heterocycles.